The van der Waals surface area contributed by atoms with E-state index in [-0.39, 0.29) is 0 Å². The number of rotatable bonds is 5. The summed E-state index contributed by atoms with van der Waals surface area (Å²) in [5.74, 6) is 1.67. The van der Waals surface area contributed by atoms with Crippen molar-refractivity contribution < 1.29 is 9.47 Å². The van der Waals surface area contributed by atoms with Crippen LogP contribution in [0.2, 0.25) is 0 Å². The molecule has 0 spiro atoms. The summed E-state index contributed by atoms with van der Waals surface area (Å²) in [6.07, 6.45) is 0. The summed E-state index contributed by atoms with van der Waals surface area (Å²) < 4.78 is 11.3. The first-order valence-electron chi connectivity index (χ1n) is 6.33. The highest BCUT2D eigenvalue weighted by Crippen LogP contribution is 2.20. The highest BCUT2D eigenvalue weighted by Gasteiger charge is 2.00. The largest absolute Gasteiger partial charge is 0.490 e. The number of anilines is 1. The number of ether oxygens (including phenoxy) is 2. The Bertz CT molecular complexity index is 535. The first-order chi connectivity index (χ1) is 9.15. The molecule has 100 valence electrons. The van der Waals surface area contributed by atoms with Crippen molar-refractivity contribution in [3.05, 3.63) is 53.6 Å². The lowest BCUT2D eigenvalue weighted by Crippen LogP contribution is -2.09. The van der Waals surface area contributed by atoms with Crippen molar-refractivity contribution in [2.75, 3.05) is 18.9 Å². The van der Waals surface area contributed by atoms with Crippen molar-refractivity contribution in [1.29, 1.82) is 0 Å². The minimum absolute atomic E-state index is 0.498. The molecule has 0 aliphatic heterocycles. The van der Waals surface area contributed by atoms with Crippen molar-refractivity contribution in [3.63, 3.8) is 0 Å². The third-order valence-corrected chi connectivity index (χ3v) is 2.84. The first kappa shape index (κ1) is 13.3. The van der Waals surface area contributed by atoms with Crippen molar-refractivity contribution in [2.45, 2.75) is 13.8 Å². The number of hydrogen-bond acceptors (Lipinski definition) is 3. The Labute approximate surface area is 114 Å². The van der Waals surface area contributed by atoms with E-state index in [1.165, 1.54) is 5.56 Å². The maximum absolute atomic E-state index is 5.73. The van der Waals surface area contributed by atoms with Gasteiger partial charge in [-0.25, -0.2) is 0 Å². The molecule has 0 atom stereocenters. The van der Waals surface area contributed by atoms with Gasteiger partial charge in [-0.2, -0.15) is 0 Å². The minimum Gasteiger partial charge on any atom is -0.490 e. The maximum atomic E-state index is 5.73. The third-order valence-electron chi connectivity index (χ3n) is 2.84. The van der Waals surface area contributed by atoms with Gasteiger partial charge in [0.05, 0.1) is 0 Å². The van der Waals surface area contributed by atoms with E-state index >= 15 is 0 Å². The number of benzene rings is 2. The van der Waals surface area contributed by atoms with Gasteiger partial charge in [-0.15, -0.1) is 0 Å². The predicted molar refractivity (Wildman–Crippen MR) is 77.8 cm³/mol. The van der Waals surface area contributed by atoms with Crippen molar-refractivity contribution in [1.82, 2.24) is 0 Å². The lowest BCUT2D eigenvalue weighted by Gasteiger charge is -2.11. The Hall–Kier alpha value is -2.16. The van der Waals surface area contributed by atoms with Crippen LogP contribution in [0.4, 0.5) is 5.69 Å². The molecule has 2 aromatic carbocycles. The van der Waals surface area contributed by atoms with Gasteiger partial charge in [0, 0.05) is 11.8 Å². The van der Waals surface area contributed by atoms with Gasteiger partial charge >= 0.3 is 0 Å². The van der Waals surface area contributed by atoms with Gasteiger partial charge in [-0.05, 0) is 37.6 Å². The number of aryl methyl sites for hydroxylation is 2. The van der Waals surface area contributed by atoms with Gasteiger partial charge < -0.3 is 15.2 Å². The number of nitrogen functional groups attached to an aromatic ring is 1. The normalized spacial score (nSPS) is 10.2. The quantitative estimate of drug-likeness (QED) is 0.660. The van der Waals surface area contributed by atoms with Crippen LogP contribution < -0.4 is 15.2 Å². The third kappa shape index (κ3) is 3.91. The molecule has 3 nitrogen and oxygen atoms in total. The molecule has 0 aliphatic carbocycles. The first-order valence-corrected chi connectivity index (χ1v) is 6.33. The van der Waals surface area contributed by atoms with Gasteiger partial charge in [0.1, 0.15) is 24.7 Å². The second-order valence-electron chi connectivity index (χ2n) is 4.53. The lowest BCUT2D eigenvalue weighted by molar-refractivity contribution is 0.216. The Kier molecular flexibility index (Phi) is 4.29. The molecule has 0 amide bonds. The molecular formula is C16H19NO2. The van der Waals surface area contributed by atoms with E-state index in [1.807, 2.05) is 49.4 Å². The molecule has 0 aliphatic rings. The molecule has 3 heteroatoms. The second-order valence-corrected chi connectivity index (χ2v) is 4.53. The van der Waals surface area contributed by atoms with Crippen LogP contribution >= 0.6 is 0 Å². The fourth-order valence-electron chi connectivity index (χ4n) is 1.72. The molecule has 0 saturated carbocycles. The SMILES string of the molecule is Cc1ccc(OCCOc2cc(N)ccc2C)cc1. The molecule has 0 aromatic heterocycles. The van der Waals surface area contributed by atoms with E-state index in [2.05, 4.69) is 6.92 Å². The number of nitrogens with two attached hydrogens (primary N) is 1. The minimum atomic E-state index is 0.498. The van der Waals surface area contributed by atoms with Gasteiger partial charge in [0.2, 0.25) is 0 Å². The van der Waals surface area contributed by atoms with E-state index < -0.39 is 0 Å². The number of hydrogen-bond donors (Lipinski definition) is 1. The fourth-order valence-corrected chi connectivity index (χ4v) is 1.72. The summed E-state index contributed by atoms with van der Waals surface area (Å²) in [6, 6.07) is 13.6. The Morgan fingerprint density at radius 2 is 1.58 bits per heavy atom. The molecule has 2 rings (SSSR count). The molecular weight excluding hydrogens is 238 g/mol. The van der Waals surface area contributed by atoms with Gasteiger partial charge in [-0.1, -0.05) is 23.8 Å². The van der Waals surface area contributed by atoms with E-state index in [1.54, 1.807) is 0 Å². The average molecular weight is 257 g/mol. The smallest absolute Gasteiger partial charge is 0.124 e. The maximum Gasteiger partial charge on any atom is 0.124 e. The molecule has 19 heavy (non-hydrogen) atoms. The van der Waals surface area contributed by atoms with Crippen LogP contribution in [0.1, 0.15) is 11.1 Å². The second kappa shape index (κ2) is 6.14. The van der Waals surface area contributed by atoms with Crippen LogP contribution in [-0.2, 0) is 0 Å². The molecule has 0 bridgehead atoms. The zero-order chi connectivity index (χ0) is 13.7. The van der Waals surface area contributed by atoms with Gasteiger partial charge in [-0.3, -0.25) is 0 Å². The van der Waals surface area contributed by atoms with Gasteiger partial charge in [0.25, 0.3) is 0 Å². The van der Waals surface area contributed by atoms with Crippen molar-refractivity contribution >= 4 is 5.69 Å². The highest BCUT2D eigenvalue weighted by atomic mass is 16.5. The topological polar surface area (TPSA) is 44.5 Å². The zero-order valence-corrected chi connectivity index (χ0v) is 11.3. The zero-order valence-electron chi connectivity index (χ0n) is 11.3. The van der Waals surface area contributed by atoms with E-state index in [4.69, 9.17) is 15.2 Å². The highest BCUT2D eigenvalue weighted by molar-refractivity contribution is 5.47. The molecule has 0 saturated heterocycles. The van der Waals surface area contributed by atoms with E-state index in [0.29, 0.717) is 18.9 Å². The van der Waals surface area contributed by atoms with E-state index in [9.17, 15) is 0 Å². The van der Waals surface area contributed by atoms with Crippen LogP contribution in [0.3, 0.4) is 0 Å². The molecule has 0 heterocycles. The monoisotopic (exact) mass is 257 g/mol. The van der Waals surface area contributed by atoms with Gasteiger partial charge in [0.15, 0.2) is 0 Å². The standard InChI is InChI=1S/C16H19NO2/c1-12-3-7-15(8-4-12)18-9-10-19-16-11-14(17)6-5-13(16)2/h3-8,11H,9-10,17H2,1-2H3. The Balaban J connectivity index is 1.80. The van der Waals surface area contributed by atoms with E-state index in [0.717, 1.165) is 17.1 Å². The summed E-state index contributed by atoms with van der Waals surface area (Å²) in [6.45, 7) is 5.06. The molecule has 0 unspecified atom stereocenters. The van der Waals surface area contributed by atoms with Crippen LogP contribution in [0, 0.1) is 13.8 Å². The Morgan fingerprint density at radius 3 is 2.32 bits per heavy atom. The van der Waals surface area contributed by atoms with Crippen molar-refractivity contribution in [3.8, 4) is 11.5 Å². The van der Waals surface area contributed by atoms with Crippen LogP contribution in [0.5, 0.6) is 11.5 Å². The molecule has 0 fully saturated rings. The Morgan fingerprint density at radius 1 is 0.895 bits per heavy atom. The molecule has 0 radical (unpaired) electrons. The van der Waals surface area contributed by atoms with Crippen LogP contribution in [0.25, 0.3) is 0 Å². The molecule has 2 N–H and O–H groups in total. The van der Waals surface area contributed by atoms with Crippen LogP contribution in [0.15, 0.2) is 42.5 Å². The summed E-state index contributed by atoms with van der Waals surface area (Å²) in [4.78, 5) is 0. The summed E-state index contributed by atoms with van der Waals surface area (Å²) in [5, 5.41) is 0. The molecule has 2 aromatic rings. The average Bonchev–Trinajstić information content (AvgIpc) is 2.40. The summed E-state index contributed by atoms with van der Waals surface area (Å²) >= 11 is 0. The van der Waals surface area contributed by atoms with Crippen molar-refractivity contribution in [2.24, 2.45) is 0 Å². The summed E-state index contributed by atoms with van der Waals surface area (Å²) in [7, 11) is 0. The lowest BCUT2D eigenvalue weighted by atomic mass is 10.2. The summed E-state index contributed by atoms with van der Waals surface area (Å²) in [5.41, 5.74) is 8.73. The van der Waals surface area contributed by atoms with Crippen LogP contribution in [-0.4, -0.2) is 13.2 Å². The predicted octanol–water partition coefficient (Wildman–Crippen LogP) is 3.34. The fraction of sp³-hybridized carbons (Fsp3) is 0.250.